The lowest BCUT2D eigenvalue weighted by Crippen LogP contribution is -2.34. The number of nitro benzene ring substituents is 1. The molecule has 1 aliphatic rings. The summed E-state index contributed by atoms with van der Waals surface area (Å²) in [6.07, 6.45) is 3.13. The van der Waals surface area contributed by atoms with E-state index in [-0.39, 0.29) is 5.69 Å². The van der Waals surface area contributed by atoms with Gasteiger partial charge < -0.3 is 4.90 Å². The van der Waals surface area contributed by atoms with E-state index in [2.05, 4.69) is 29.2 Å². The van der Waals surface area contributed by atoms with Gasteiger partial charge in [0.25, 0.3) is 5.69 Å². The first-order chi connectivity index (χ1) is 14.0. The van der Waals surface area contributed by atoms with Crippen molar-refractivity contribution in [3.05, 3.63) is 80.9 Å². The predicted molar refractivity (Wildman–Crippen MR) is 115 cm³/mol. The highest BCUT2D eigenvalue weighted by Gasteiger charge is 2.22. The van der Waals surface area contributed by atoms with Crippen LogP contribution in [-0.4, -0.2) is 18.0 Å². The smallest absolute Gasteiger partial charge is 0.271 e. The molecule has 0 saturated carbocycles. The number of halogens is 1. The molecule has 6 heteroatoms. The van der Waals surface area contributed by atoms with Crippen molar-refractivity contribution in [1.29, 1.82) is 5.26 Å². The third-order valence-corrected chi connectivity index (χ3v) is 5.96. The number of fused-ring (bicyclic) bond motifs is 1. The van der Waals surface area contributed by atoms with Crippen LogP contribution in [0.1, 0.15) is 24.0 Å². The molecule has 0 aromatic heterocycles. The molecule has 29 heavy (non-hydrogen) atoms. The normalized spacial score (nSPS) is 14.7. The quantitative estimate of drug-likeness (QED) is 0.410. The standard InChI is InChI=1S/C23H20ClN3O2/c24-22-14-21(27(28)29)5-6-23(22)26-9-7-16(8-10-26)11-17-1-3-20-13-18(15-25)2-4-19(20)12-17/h1-6,12-14,16H,7-11H2. The summed E-state index contributed by atoms with van der Waals surface area (Å²) >= 11 is 6.28. The number of rotatable bonds is 4. The van der Waals surface area contributed by atoms with Crippen LogP contribution in [0.15, 0.2) is 54.6 Å². The first kappa shape index (κ1) is 19.2. The van der Waals surface area contributed by atoms with Crippen molar-refractivity contribution in [1.82, 2.24) is 0 Å². The van der Waals surface area contributed by atoms with Crippen molar-refractivity contribution in [3.8, 4) is 6.07 Å². The topological polar surface area (TPSA) is 70.2 Å². The Morgan fingerprint density at radius 1 is 1.07 bits per heavy atom. The Morgan fingerprint density at radius 2 is 1.79 bits per heavy atom. The third-order valence-electron chi connectivity index (χ3n) is 5.66. The van der Waals surface area contributed by atoms with Gasteiger partial charge >= 0.3 is 0 Å². The fourth-order valence-corrected chi connectivity index (χ4v) is 4.36. The van der Waals surface area contributed by atoms with E-state index in [1.54, 1.807) is 6.07 Å². The van der Waals surface area contributed by atoms with Crippen LogP contribution in [0.2, 0.25) is 5.02 Å². The van der Waals surface area contributed by atoms with Gasteiger partial charge in [-0.25, -0.2) is 0 Å². The molecule has 146 valence electrons. The number of nitrogens with zero attached hydrogens (tertiary/aromatic N) is 3. The Morgan fingerprint density at radius 3 is 2.48 bits per heavy atom. The zero-order chi connectivity index (χ0) is 20.4. The molecule has 5 nitrogen and oxygen atoms in total. The number of hydrogen-bond acceptors (Lipinski definition) is 4. The van der Waals surface area contributed by atoms with Gasteiger partial charge in [0.05, 0.1) is 27.3 Å². The highest BCUT2D eigenvalue weighted by Crippen LogP contribution is 2.33. The lowest BCUT2D eigenvalue weighted by molar-refractivity contribution is -0.384. The van der Waals surface area contributed by atoms with E-state index in [1.807, 2.05) is 18.2 Å². The molecule has 3 aromatic rings. The minimum atomic E-state index is -0.424. The first-order valence-electron chi connectivity index (χ1n) is 9.65. The Hall–Kier alpha value is -3.10. The van der Waals surface area contributed by atoms with Crippen LogP contribution in [0, 0.1) is 27.4 Å². The fourth-order valence-electron chi connectivity index (χ4n) is 4.07. The van der Waals surface area contributed by atoms with Gasteiger partial charge in [-0.1, -0.05) is 35.9 Å². The SMILES string of the molecule is N#Cc1ccc2cc(CC3CCN(c4ccc([N+](=O)[O-])cc4Cl)CC3)ccc2c1. The number of benzene rings is 3. The minimum Gasteiger partial charge on any atom is -0.370 e. The van der Waals surface area contributed by atoms with Crippen molar-refractivity contribution in [2.45, 2.75) is 19.3 Å². The Kier molecular flexibility index (Phi) is 5.37. The van der Waals surface area contributed by atoms with E-state index in [1.165, 1.54) is 17.7 Å². The highest BCUT2D eigenvalue weighted by atomic mass is 35.5. The molecular weight excluding hydrogens is 386 g/mol. The Bertz CT molecular complexity index is 1110. The lowest BCUT2D eigenvalue weighted by atomic mass is 9.89. The second-order valence-corrected chi connectivity index (χ2v) is 7.94. The maximum Gasteiger partial charge on any atom is 0.271 e. The summed E-state index contributed by atoms with van der Waals surface area (Å²) in [5, 5.41) is 22.6. The van der Waals surface area contributed by atoms with Crippen molar-refractivity contribution in [3.63, 3.8) is 0 Å². The molecule has 4 rings (SSSR count). The van der Waals surface area contributed by atoms with Gasteiger partial charge in [0, 0.05) is 25.2 Å². The number of non-ortho nitro benzene ring substituents is 1. The van der Waals surface area contributed by atoms with E-state index in [4.69, 9.17) is 16.9 Å². The van der Waals surface area contributed by atoms with Gasteiger partial charge in [-0.05, 0) is 59.7 Å². The van der Waals surface area contributed by atoms with Crippen LogP contribution in [0.4, 0.5) is 11.4 Å². The van der Waals surface area contributed by atoms with Gasteiger partial charge in [0.15, 0.2) is 0 Å². The molecule has 0 unspecified atom stereocenters. The maximum absolute atomic E-state index is 10.9. The summed E-state index contributed by atoms with van der Waals surface area (Å²) in [4.78, 5) is 12.7. The van der Waals surface area contributed by atoms with Gasteiger partial charge in [-0.2, -0.15) is 5.26 Å². The summed E-state index contributed by atoms with van der Waals surface area (Å²) < 4.78 is 0. The van der Waals surface area contributed by atoms with Crippen LogP contribution in [0.5, 0.6) is 0 Å². The molecule has 0 N–H and O–H groups in total. The van der Waals surface area contributed by atoms with Gasteiger partial charge in [0.1, 0.15) is 0 Å². The van der Waals surface area contributed by atoms with Crippen molar-refractivity contribution < 1.29 is 4.92 Å². The average molecular weight is 406 g/mol. The van der Waals surface area contributed by atoms with Crippen LogP contribution in [0.3, 0.4) is 0 Å². The van der Waals surface area contributed by atoms with Crippen LogP contribution >= 0.6 is 11.6 Å². The largest absolute Gasteiger partial charge is 0.370 e. The number of nitriles is 1. The summed E-state index contributed by atoms with van der Waals surface area (Å²) in [5.41, 5.74) is 2.89. The second kappa shape index (κ2) is 8.10. The van der Waals surface area contributed by atoms with E-state index in [9.17, 15) is 10.1 Å². The number of anilines is 1. The summed E-state index contributed by atoms with van der Waals surface area (Å²) in [6, 6.07) is 19.1. The summed E-state index contributed by atoms with van der Waals surface area (Å²) in [5.74, 6) is 0.596. The van der Waals surface area contributed by atoms with Crippen molar-refractivity contribution in [2.75, 3.05) is 18.0 Å². The first-order valence-corrected chi connectivity index (χ1v) is 10.0. The van der Waals surface area contributed by atoms with Crippen LogP contribution in [-0.2, 0) is 6.42 Å². The molecule has 1 heterocycles. The molecule has 1 saturated heterocycles. The highest BCUT2D eigenvalue weighted by molar-refractivity contribution is 6.33. The third kappa shape index (κ3) is 4.18. The number of piperidine rings is 1. The molecule has 3 aromatic carbocycles. The molecule has 1 fully saturated rings. The summed E-state index contributed by atoms with van der Waals surface area (Å²) in [7, 11) is 0. The molecule has 0 bridgehead atoms. The minimum absolute atomic E-state index is 0.0202. The molecule has 0 atom stereocenters. The van der Waals surface area contributed by atoms with E-state index in [0.717, 1.165) is 48.8 Å². The van der Waals surface area contributed by atoms with Gasteiger partial charge in [-0.15, -0.1) is 0 Å². The zero-order valence-corrected chi connectivity index (χ0v) is 16.6. The van der Waals surface area contributed by atoms with E-state index < -0.39 is 4.92 Å². The fraction of sp³-hybridized carbons (Fsp3) is 0.261. The Balaban J connectivity index is 1.41. The zero-order valence-electron chi connectivity index (χ0n) is 15.8. The van der Waals surface area contributed by atoms with Crippen molar-refractivity contribution >= 4 is 33.7 Å². The molecule has 0 radical (unpaired) electrons. The average Bonchev–Trinajstić information content (AvgIpc) is 2.74. The molecule has 0 aliphatic carbocycles. The number of nitro groups is 1. The van der Waals surface area contributed by atoms with Crippen LogP contribution < -0.4 is 4.90 Å². The maximum atomic E-state index is 10.9. The predicted octanol–water partition coefficient (Wildman–Crippen LogP) is 5.73. The molecule has 0 amide bonds. The lowest BCUT2D eigenvalue weighted by Gasteiger charge is -2.34. The monoisotopic (exact) mass is 405 g/mol. The Labute approximate surface area is 174 Å². The van der Waals surface area contributed by atoms with Crippen molar-refractivity contribution in [2.24, 2.45) is 5.92 Å². The molecule has 0 spiro atoms. The van der Waals surface area contributed by atoms with Gasteiger partial charge in [0.2, 0.25) is 0 Å². The second-order valence-electron chi connectivity index (χ2n) is 7.54. The molecule has 1 aliphatic heterocycles. The van der Waals surface area contributed by atoms with E-state index >= 15 is 0 Å². The summed E-state index contributed by atoms with van der Waals surface area (Å²) in [6.45, 7) is 1.78. The number of hydrogen-bond donors (Lipinski definition) is 0. The van der Waals surface area contributed by atoms with Gasteiger partial charge in [-0.3, -0.25) is 10.1 Å². The molecular formula is C23H20ClN3O2. The van der Waals surface area contributed by atoms with E-state index in [0.29, 0.717) is 16.5 Å². The van der Waals surface area contributed by atoms with Crippen LogP contribution in [0.25, 0.3) is 10.8 Å².